The number of hydrogen-bond acceptors (Lipinski definition) is 4. The summed E-state index contributed by atoms with van der Waals surface area (Å²) in [6, 6.07) is 8.68. The quantitative estimate of drug-likeness (QED) is 0.328. The molecule has 0 unspecified atom stereocenters. The van der Waals surface area contributed by atoms with Crippen molar-refractivity contribution in [2.75, 3.05) is 13.7 Å². The molecule has 0 radical (unpaired) electrons. The summed E-state index contributed by atoms with van der Waals surface area (Å²) in [5.74, 6) is -0.396. The van der Waals surface area contributed by atoms with E-state index in [0.717, 1.165) is 5.56 Å². The van der Waals surface area contributed by atoms with Crippen LogP contribution in [0.15, 0.2) is 35.4 Å². The molecule has 0 bridgehead atoms. The molecule has 0 aliphatic rings. The normalized spacial score (nSPS) is 13.2. The number of ether oxygens (including phenoxy) is 2. The summed E-state index contributed by atoms with van der Waals surface area (Å²) in [5.41, 5.74) is 9.50. The first kappa shape index (κ1) is 15.0. The molecule has 0 heterocycles. The van der Waals surface area contributed by atoms with Crippen LogP contribution in [0.4, 0.5) is 0 Å². The Hall–Kier alpha value is -2.04. The van der Waals surface area contributed by atoms with E-state index >= 15 is 0 Å². The van der Waals surface area contributed by atoms with Crippen molar-refractivity contribution in [1.82, 2.24) is 0 Å². The van der Waals surface area contributed by atoms with Gasteiger partial charge in [0.15, 0.2) is 0 Å². The van der Waals surface area contributed by atoms with Gasteiger partial charge in [-0.25, -0.2) is 0 Å². The van der Waals surface area contributed by atoms with Crippen molar-refractivity contribution in [3.8, 4) is 0 Å². The van der Waals surface area contributed by atoms with Crippen molar-refractivity contribution in [2.45, 2.75) is 25.5 Å². The Morgan fingerprint density at radius 2 is 2.11 bits per heavy atom. The van der Waals surface area contributed by atoms with Gasteiger partial charge in [-0.1, -0.05) is 35.4 Å². The van der Waals surface area contributed by atoms with E-state index < -0.39 is 18.1 Å². The molecule has 6 nitrogen and oxygen atoms in total. The Kier molecular flexibility index (Phi) is 6.43. The monoisotopic (exact) mass is 263 g/mol. The van der Waals surface area contributed by atoms with E-state index in [4.69, 9.17) is 10.3 Å². The average molecular weight is 263 g/mol. The molecule has 1 aromatic carbocycles. The van der Waals surface area contributed by atoms with Crippen molar-refractivity contribution >= 4 is 5.97 Å². The minimum atomic E-state index is -0.551. The predicted molar refractivity (Wildman–Crippen MR) is 70.4 cm³/mol. The van der Waals surface area contributed by atoms with Crippen molar-refractivity contribution in [3.05, 3.63) is 46.3 Å². The Labute approximate surface area is 112 Å². The zero-order valence-corrected chi connectivity index (χ0v) is 11.0. The molecular weight excluding hydrogens is 246 g/mol. The Morgan fingerprint density at radius 3 is 2.63 bits per heavy atom. The molecule has 1 aromatic rings. The topological polar surface area (TPSA) is 84.3 Å². The summed E-state index contributed by atoms with van der Waals surface area (Å²) < 4.78 is 10.2. The van der Waals surface area contributed by atoms with Crippen LogP contribution in [0.1, 0.15) is 24.9 Å². The summed E-state index contributed by atoms with van der Waals surface area (Å²) in [5, 5.41) is 3.75. The van der Waals surface area contributed by atoms with Crippen molar-refractivity contribution in [3.63, 3.8) is 0 Å². The lowest BCUT2D eigenvalue weighted by Gasteiger charge is -2.22. The van der Waals surface area contributed by atoms with E-state index in [2.05, 4.69) is 14.8 Å². The van der Waals surface area contributed by atoms with Gasteiger partial charge in [-0.3, -0.25) is 4.79 Å². The van der Waals surface area contributed by atoms with E-state index in [0.29, 0.717) is 6.61 Å². The molecule has 0 saturated heterocycles. The van der Waals surface area contributed by atoms with Crippen LogP contribution in [0.3, 0.4) is 0 Å². The van der Waals surface area contributed by atoms with Crippen LogP contribution in [0, 0.1) is 0 Å². The largest absolute Gasteiger partial charge is 0.469 e. The van der Waals surface area contributed by atoms with E-state index in [9.17, 15) is 4.79 Å². The maximum Gasteiger partial charge on any atom is 0.308 e. The molecular formula is C13H17N3O3. The van der Waals surface area contributed by atoms with Gasteiger partial charge in [0.05, 0.1) is 25.7 Å². The number of esters is 1. The maximum absolute atomic E-state index is 11.4. The Balaban J connectivity index is 2.98. The smallest absolute Gasteiger partial charge is 0.308 e. The van der Waals surface area contributed by atoms with E-state index in [1.807, 2.05) is 37.3 Å². The molecule has 1 rings (SSSR count). The number of benzene rings is 1. The predicted octanol–water partition coefficient (Wildman–Crippen LogP) is 3.01. The maximum atomic E-state index is 11.4. The third-order valence-corrected chi connectivity index (χ3v) is 2.65. The van der Waals surface area contributed by atoms with Crippen LogP contribution in [0.25, 0.3) is 10.4 Å². The fourth-order valence-corrected chi connectivity index (χ4v) is 1.78. The van der Waals surface area contributed by atoms with Gasteiger partial charge in [0.2, 0.25) is 0 Å². The van der Waals surface area contributed by atoms with E-state index in [1.54, 1.807) is 0 Å². The summed E-state index contributed by atoms with van der Waals surface area (Å²) in [6.07, 6.45) is -0.487. The van der Waals surface area contributed by atoms with Crippen LogP contribution in [0.5, 0.6) is 0 Å². The zero-order chi connectivity index (χ0) is 14.1. The number of nitrogens with zero attached hydrogens (tertiary/aromatic N) is 3. The molecule has 0 aliphatic carbocycles. The SMILES string of the molecule is CCO[C@H](CC(=O)OC)[C@@H](N=[N+]=[N-])c1ccccc1. The first-order valence-electron chi connectivity index (χ1n) is 6.00. The molecule has 0 fully saturated rings. The van der Waals surface area contributed by atoms with Crippen LogP contribution >= 0.6 is 0 Å². The second kappa shape index (κ2) is 8.13. The fraction of sp³-hybridized carbons (Fsp3) is 0.462. The van der Waals surface area contributed by atoms with Gasteiger partial charge in [0.1, 0.15) is 0 Å². The van der Waals surface area contributed by atoms with Crippen molar-refractivity contribution in [2.24, 2.45) is 5.11 Å². The zero-order valence-electron chi connectivity index (χ0n) is 11.0. The first-order chi connectivity index (χ1) is 9.22. The number of carbonyl (C=O) groups excluding carboxylic acids is 1. The third kappa shape index (κ3) is 4.62. The number of rotatable bonds is 7. The number of methoxy groups -OCH3 is 1. The highest BCUT2D eigenvalue weighted by Gasteiger charge is 2.25. The number of hydrogen-bond donors (Lipinski definition) is 0. The average Bonchev–Trinajstić information content (AvgIpc) is 2.45. The van der Waals surface area contributed by atoms with Gasteiger partial charge in [-0.2, -0.15) is 0 Å². The minimum Gasteiger partial charge on any atom is -0.469 e. The highest BCUT2D eigenvalue weighted by Crippen LogP contribution is 2.26. The van der Waals surface area contributed by atoms with Gasteiger partial charge in [0.25, 0.3) is 0 Å². The lowest BCUT2D eigenvalue weighted by Crippen LogP contribution is -2.25. The molecule has 0 aromatic heterocycles. The van der Waals surface area contributed by atoms with E-state index in [1.165, 1.54) is 7.11 Å². The van der Waals surface area contributed by atoms with Gasteiger partial charge >= 0.3 is 5.97 Å². The van der Waals surface area contributed by atoms with Crippen LogP contribution in [0.2, 0.25) is 0 Å². The van der Waals surface area contributed by atoms with Crippen molar-refractivity contribution in [1.29, 1.82) is 0 Å². The molecule has 6 heteroatoms. The van der Waals surface area contributed by atoms with Gasteiger partial charge in [-0.15, -0.1) is 0 Å². The standard InChI is InChI=1S/C13H17N3O3/c1-3-19-11(9-12(17)18-2)13(15-16-14)10-7-5-4-6-8-10/h4-8,11,13H,3,9H2,1-2H3/t11-,13+/m1/s1. The molecule has 0 N–H and O–H groups in total. The van der Waals surface area contributed by atoms with Crippen LogP contribution < -0.4 is 0 Å². The second-order valence-corrected chi connectivity index (χ2v) is 3.83. The van der Waals surface area contributed by atoms with Crippen molar-refractivity contribution < 1.29 is 14.3 Å². The number of azide groups is 1. The summed E-state index contributed by atoms with van der Waals surface area (Å²) in [4.78, 5) is 14.2. The highest BCUT2D eigenvalue weighted by molar-refractivity contribution is 5.70. The van der Waals surface area contributed by atoms with Crippen LogP contribution in [-0.2, 0) is 14.3 Å². The van der Waals surface area contributed by atoms with Crippen LogP contribution in [-0.4, -0.2) is 25.8 Å². The van der Waals surface area contributed by atoms with Gasteiger partial charge in [0, 0.05) is 11.5 Å². The van der Waals surface area contributed by atoms with Gasteiger partial charge in [-0.05, 0) is 18.0 Å². The molecule has 0 spiro atoms. The minimum absolute atomic E-state index is 0.0446. The molecule has 19 heavy (non-hydrogen) atoms. The molecule has 102 valence electrons. The number of carbonyl (C=O) groups is 1. The highest BCUT2D eigenvalue weighted by atomic mass is 16.5. The Bertz CT molecular complexity index is 444. The van der Waals surface area contributed by atoms with E-state index in [-0.39, 0.29) is 6.42 Å². The Morgan fingerprint density at radius 1 is 1.42 bits per heavy atom. The molecule has 0 amide bonds. The summed E-state index contributed by atoms with van der Waals surface area (Å²) >= 11 is 0. The lowest BCUT2D eigenvalue weighted by molar-refractivity contribution is -0.144. The molecule has 0 aliphatic heterocycles. The lowest BCUT2D eigenvalue weighted by atomic mass is 10.00. The second-order valence-electron chi connectivity index (χ2n) is 3.83. The van der Waals surface area contributed by atoms with Gasteiger partial charge < -0.3 is 9.47 Å². The first-order valence-corrected chi connectivity index (χ1v) is 6.00. The third-order valence-electron chi connectivity index (χ3n) is 2.65. The molecule has 0 saturated carbocycles. The fourth-order valence-electron chi connectivity index (χ4n) is 1.78. The molecule has 2 atom stereocenters. The summed E-state index contributed by atoms with van der Waals surface area (Å²) in [7, 11) is 1.32. The summed E-state index contributed by atoms with van der Waals surface area (Å²) in [6.45, 7) is 2.24.